The quantitative estimate of drug-likeness (QED) is 0.0360. The number of aromatic nitrogens is 2. The molecule has 76 heavy (non-hydrogen) atoms. The number of esters is 2. The number of halogens is 9. The fraction of sp³-hybridized carbons (Fsp3) is 0.321. The molecule has 0 bridgehead atoms. The second-order valence-corrected chi connectivity index (χ2v) is 18.5. The van der Waals surface area contributed by atoms with Crippen molar-refractivity contribution in [2.24, 2.45) is 17.6 Å². The minimum absolute atomic E-state index is 0.0233. The number of carbonyl (C=O) groups is 2. The first-order valence-electron chi connectivity index (χ1n) is 23.2. The minimum atomic E-state index is -5.71. The Balaban J connectivity index is 0.000000260. The number of nitrogens with zero attached hydrogens (tertiary/aromatic N) is 2. The summed E-state index contributed by atoms with van der Waals surface area (Å²) in [6.45, 7) is 12.7. The SMILES string of the molecule is CC(C)[C@H](N)COc1ccc(-c2ccc(C(F)(F)F)cc2)cn1.CCOC(=O)c1ccc(N[C@H](COc2ccc(-c3ccc(C(F)(F)F)cc3)cn2)C(C)C)cc1.CCOC(=O)c1ccc(OS(=O)(=O)C(F)(F)F)cc1. The Morgan fingerprint density at radius 3 is 1.29 bits per heavy atom. The first-order valence-corrected chi connectivity index (χ1v) is 24.6. The average molecular weight is 1100 g/mol. The maximum absolute atomic E-state index is 12.7. The lowest BCUT2D eigenvalue weighted by Gasteiger charge is -2.23. The molecule has 0 spiro atoms. The monoisotopic (exact) mass is 1090 g/mol. The van der Waals surface area contributed by atoms with Crippen LogP contribution in [0.15, 0.2) is 134 Å². The van der Waals surface area contributed by atoms with Crippen molar-refractivity contribution in [1.29, 1.82) is 0 Å². The van der Waals surface area contributed by atoms with Crippen LogP contribution in [-0.4, -0.2) is 74.3 Å². The van der Waals surface area contributed by atoms with E-state index in [0.29, 0.717) is 59.8 Å². The van der Waals surface area contributed by atoms with Crippen LogP contribution in [0.5, 0.6) is 17.5 Å². The van der Waals surface area contributed by atoms with Gasteiger partial charge in [0.1, 0.15) is 19.0 Å². The molecule has 6 aromatic rings. The fourth-order valence-corrected chi connectivity index (χ4v) is 6.55. The van der Waals surface area contributed by atoms with Gasteiger partial charge in [-0.05, 0) is 122 Å². The number of hydrogen-bond acceptors (Lipinski definition) is 13. The van der Waals surface area contributed by atoms with Crippen LogP contribution in [0, 0.1) is 11.8 Å². The molecule has 0 radical (unpaired) electrons. The van der Waals surface area contributed by atoms with Gasteiger partial charge in [0.25, 0.3) is 0 Å². The second-order valence-electron chi connectivity index (χ2n) is 17.0. The molecule has 6 rings (SSSR count). The normalized spacial score (nSPS) is 12.5. The van der Waals surface area contributed by atoms with Crippen molar-refractivity contribution in [3.8, 4) is 39.8 Å². The predicted octanol–water partition coefficient (Wildman–Crippen LogP) is 12.7. The Morgan fingerprint density at radius 2 is 0.947 bits per heavy atom. The second kappa shape index (κ2) is 27.4. The number of ether oxygens (including phenoxy) is 4. The molecule has 0 saturated heterocycles. The summed E-state index contributed by atoms with van der Waals surface area (Å²) in [5.74, 6) is -0.170. The van der Waals surface area contributed by atoms with E-state index in [4.69, 9.17) is 19.9 Å². The highest BCUT2D eigenvalue weighted by atomic mass is 32.2. The highest BCUT2D eigenvalue weighted by Gasteiger charge is 2.48. The lowest BCUT2D eigenvalue weighted by molar-refractivity contribution is -0.138. The zero-order valence-corrected chi connectivity index (χ0v) is 42.6. The number of pyridine rings is 2. The highest BCUT2D eigenvalue weighted by molar-refractivity contribution is 7.88. The van der Waals surface area contributed by atoms with Crippen LogP contribution < -0.4 is 24.7 Å². The molecule has 2 atom stereocenters. The predicted molar refractivity (Wildman–Crippen MR) is 266 cm³/mol. The molecule has 0 amide bonds. The summed E-state index contributed by atoms with van der Waals surface area (Å²) >= 11 is 0. The smallest absolute Gasteiger partial charge is 0.476 e. The van der Waals surface area contributed by atoms with E-state index in [1.807, 2.05) is 26.0 Å². The Kier molecular flexibility index (Phi) is 22.1. The number of benzene rings is 4. The van der Waals surface area contributed by atoms with Crippen LogP contribution in [0.2, 0.25) is 0 Å². The van der Waals surface area contributed by atoms with Gasteiger partial charge < -0.3 is 34.2 Å². The maximum atomic E-state index is 12.7. The number of carbonyl (C=O) groups excluding carboxylic acids is 2. The van der Waals surface area contributed by atoms with E-state index in [1.165, 1.54) is 24.3 Å². The molecule has 410 valence electrons. The van der Waals surface area contributed by atoms with E-state index in [1.54, 1.807) is 62.6 Å². The third kappa shape index (κ3) is 19.1. The first kappa shape index (κ1) is 61.1. The Bertz CT molecular complexity index is 2850. The highest BCUT2D eigenvalue weighted by Crippen LogP contribution is 2.33. The van der Waals surface area contributed by atoms with E-state index >= 15 is 0 Å². The van der Waals surface area contributed by atoms with Crippen LogP contribution in [-0.2, 0) is 31.9 Å². The number of hydrogen-bond donors (Lipinski definition) is 2. The van der Waals surface area contributed by atoms with E-state index in [-0.39, 0.29) is 36.1 Å². The van der Waals surface area contributed by atoms with Gasteiger partial charge in [-0.3, -0.25) is 0 Å². The van der Waals surface area contributed by atoms with Crippen LogP contribution >= 0.6 is 0 Å². The Labute approximate surface area is 433 Å². The molecule has 23 heteroatoms. The molecule has 2 heterocycles. The van der Waals surface area contributed by atoms with Gasteiger partial charge in [-0.1, -0.05) is 52.0 Å². The molecule has 0 saturated carbocycles. The number of alkyl halides is 9. The van der Waals surface area contributed by atoms with E-state index in [0.717, 1.165) is 59.8 Å². The first-order chi connectivity index (χ1) is 35.6. The molecule has 13 nitrogen and oxygen atoms in total. The summed E-state index contributed by atoms with van der Waals surface area (Å²) in [6, 6.07) is 27.8. The minimum Gasteiger partial charge on any atom is -0.476 e. The average Bonchev–Trinajstić information content (AvgIpc) is 3.37. The molecule has 4 aromatic carbocycles. The van der Waals surface area contributed by atoms with E-state index < -0.39 is 50.8 Å². The molecule has 0 aliphatic heterocycles. The summed E-state index contributed by atoms with van der Waals surface area (Å²) in [5, 5.41) is 3.40. The van der Waals surface area contributed by atoms with Crippen molar-refractivity contribution in [1.82, 2.24) is 9.97 Å². The summed E-state index contributed by atoms with van der Waals surface area (Å²) in [5.41, 5.74) is 3.15. The number of nitrogens with two attached hydrogens (primary N) is 1. The lowest BCUT2D eigenvalue weighted by atomic mass is 10.0. The van der Waals surface area contributed by atoms with Gasteiger partial charge in [-0.25, -0.2) is 19.6 Å². The molecule has 0 aliphatic rings. The van der Waals surface area contributed by atoms with Crippen LogP contribution in [0.3, 0.4) is 0 Å². The van der Waals surface area contributed by atoms with Crippen molar-refractivity contribution < 1.29 is 80.7 Å². The third-order valence-corrected chi connectivity index (χ3v) is 11.6. The molecular weight excluding hydrogens is 1040 g/mol. The maximum Gasteiger partial charge on any atom is 0.534 e. The van der Waals surface area contributed by atoms with Crippen LogP contribution in [0.4, 0.5) is 45.2 Å². The summed E-state index contributed by atoms with van der Waals surface area (Å²) in [7, 11) is -5.71. The van der Waals surface area contributed by atoms with Gasteiger partial charge in [0, 0.05) is 47.4 Å². The lowest BCUT2D eigenvalue weighted by Crippen LogP contribution is -2.33. The number of nitrogens with one attached hydrogen (secondary N) is 1. The van der Waals surface area contributed by atoms with E-state index in [9.17, 15) is 57.5 Å². The van der Waals surface area contributed by atoms with Crippen molar-refractivity contribution in [3.63, 3.8) is 0 Å². The van der Waals surface area contributed by atoms with Gasteiger partial charge in [0.05, 0.1) is 41.5 Å². The van der Waals surface area contributed by atoms with Crippen molar-refractivity contribution in [3.05, 3.63) is 156 Å². The van der Waals surface area contributed by atoms with Crippen LogP contribution in [0.25, 0.3) is 22.3 Å². The van der Waals surface area contributed by atoms with Gasteiger partial charge in [0.2, 0.25) is 11.8 Å². The van der Waals surface area contributed by atoms with Gasteiger partial charge in [-0.2, -0.15) is 47.9 Å². The summed E-state index contributed by atoms with van der Waals surface area (Å²) in [4.78, 5) is 31.5. The summed E-state index contributed by atoms with van der Waals surface area (Å²) < 4.78 is 158. The van der Waals surface area contributed by atoms with Crippen molar-refractivity contribution in [2.75, 3.05) is 31.7 Å². The molecular formula is C53H55F9N4O9S. The Morgan fingerprint density at radius 1 is 0.553 bits per heavy atom. The number of rotatable bonds is 18. The van der Waals surface area contributed by atoms with Gasteiger partial charge >= 0.3 is 39.9 Å². The fourth-order valence-electron chi connectivity index (χ4n) is 6.09. The zero-order valence-electron chi connectivity index (χ0n) is 41.8. The third-order valence-electron chi connectivity index (χ3n) is 10.7. The Hall–Kier alpha value is -7.40. The van der Waals surface area contributed by atoms with Gasteiger partial charge in [-0.15, -0.1) is 0 Å². The molecule has 3 N–H and O–H groups in total. The van der Waals surface area contributed by atoms with E-state index in [2.05, 4.69) is 38.1 Å². The van der Waals surface area contributed by atoms with Gasteiger partial charge in [0.15, 0.2) is 0 Å². The topological polar surface area (TPSA) is 178 Å². The standard InChI is InChI=1S/C26H27F3N2O3.C17H19F3N2O.C10H9F3O5S/c1-4-33-25(32)19-7-12-22(13-8-19)31-23(17(2)3)16-34-24-14-9-20(15-30-24)18-5-10-21(11-6-18)26(27,28)29;1-11(2)15(21)10-23-16-8-5-13(9-22-16)12-3-6-14(7-4-12)17(18,19)20;1-2-17-9(14)7-3-5-8(6-4-7)18-19(15,16)10(11,12)13/h5-15,17,23,31H,4,16H2,1-3H3;3-9,11,15H,10,21H2,1-2H3;3-6H,2H2,1H3/t23-;15-;/m11./s1. The molecule has 0 unspecified atom stereocenters. The number of anilines is 1. The summed E-state index contributed by atoms with van der Waals surface area (Å²) in [6.07, 6.45) is -5.55. The van der Waals surface area contributed by atoms with Crippen molar-refractivity contribution >= 4 is 27.7 Å². The molecule has 0 aliphatic carbocycles. The zero-order chi connectivity index (χ0) is 56.4. The van der Waals surface area contributed by atoms with Crippen molar-refractivity contribution in [2.45, 2.75) is 71.5 Å². The molecule has 2 aromatic heterocycles. The largest absolute Gasteiger partial charge is 0.534 e. The molecule has 0 fully saturated rings. The van der Waals surface area contributed by atoms with Crippen LogP contribution in [0.1, 0.15) is 73.4 Å².